The number of hydrogen-bond acceptors (Lipinski definition) is 6. The maximum atomic E-state index is 12.7. The van der Waals surface area contributed by atoms with E-state index < -0.39 is 0 Å². The maximum Gasteiger partial charge on any atom is 0.209 e. The Labute approximate surface area is 183 Å². The molecule has 0 bridgehead atoms. The second kappa shape index (κ2) is 8.27. The molecule has 5 rings (SSSR count). The summed E-state index contributed by atoms with van der Waals surface area (Å²) in [6, 6.07) is 18.5. The van der Waals surface area contributed by atoms with Gasteiger partial charge in [0, 0.05) is 30.2 Å². The van der Waals surface area contributed by atoms with Crippen molar-refractivity contribution in [1.82, 2.24) is 29.5 Å². The molecule has 3 heterocycles. The van der Waals surface area contributed by atoms with Gasteiger partial charge in [-0.1, -0.05) is 24.3 Å². The van der Waals surface area contributed by atoms with Gasteiger partial charge in [-0.05, 0) is 30.3 Å². The lowest BCUT2D eigenvalue weighted by atomic mass is 10.1. The highest BCUT2D eigenvalue weighted by molar-refractivity contribution is 5.65. The Morgan fingerprint density at radius 2 is 1.81 bits per heavy atom. The minimum atomic E-state index is -0.200. The predicted molar refractivity (Wildman–Crippen MR) is 120 cm³/mol. The number of aromatic nitrogens is 6. The maximum absolute atomic E-state index is 12.7. The van der Waals surface area contributed by atoms with Crippen molar-refractivity contribution < 1.29 is 4.74 Å². The molecule has 0 saturated heterocycles. The molecule has 0 unspecified atom stereocenters. The van der Waals surface area contributed by atoms with Crippen LogP contribution in [0.4, 0.5) is 0 Å². The standard InChI is InChI=1S/C24H18N6O2/c1-32-23-15-17(19-16-25-12-13-26-19)7-8-20(23)29-14-10-22(31)24(28-29)21-9-11-27-30(21)18-5-3-2-4-6-18/h2-16H,1H3. The normalized spacial score (nSPS) is 10.8. The summed E-state index contributed by atoms with van der Waals surface area (Å²) in [7, 11) is 1.59. The highest BCUT2D eigenvalue weighted by Crippen LogP contribution is 2.28. The van der Waals surface area contributed by atoms with Crippen molar-refractivity contribution in [2.45, 2.75) is 0 Å². The van der Waals surface area contributed by atoms with E-state index in [1.807, 2.05) is 48.5 Å². The SMILES string of the molecule is COc1cc(-c2cnccn2)ccc1-n1ccc(=O)c(-c2ccnn2-c2ccccc2)n1. The molecule has 32 heavy (non-hydrogen) atoms. The largest absolute Gasteiger partial charge is 0.494 e. The third kappa shape index (κ3) is 3.54. The minimum absolute atomic E-state index is 0.200. The number of ether oxygens (including phenoxy) is 1. The lowest BCUT2D eigenvalue weighted by Crippen LogP contribution is -2.15. The summed E-state index contributed by atoms with van der Waals surface area (Å²) in [5, 5.41) is 8.99. The number of para-hydroxylation sites is 1. The van der Waals surface area contributed by atoms with Gasteiger partial charge in [-0.3, -0.25) is 14.8 Å². The van der Waals surface area contributed by atoms with Crippen molar-refractivity contribution in [3.8, 4) is 39.8 Å². The van der Waals surface area contributed by atoms with E-state index in [1.165, 1.54) is 6.07 Å². The molecule has 3 aromatic heterocycles. The van der Waals surface area contributed by atoms with E-state index in [9.17, 15) is 4.79 Å². The number of hydrogen-bond donors (Lipinski definition) is 0. The average Bonchev–Trinajstić information content (AvgIpc) is 3.35. The first-order chi connectivity index (χ1) is 15.7. The van der Waals surface area contributed by atoms with E-state index in [2.05, 4.69) is 20.2 Å². The fourth-order valence-electron chi connectivity index (χ4n) is 3.45. The molecule has 0 spiro atoms. The molecule has 0 saturated carbocycles. The van der Waals surface area contributed by atoms with Crippen molar-refractivity contribution >= 4 is 0 Å². The van der Waals surface area contributed by atoms with E-state index in [0.717, 1.165) is 16.9 Å². The van der Waals surface area contributed by atoms with E-state index in [0.29, 0.717) is 17.1 Å². The van der Waals surface area contributed by atoms with Crippen LogP contribution < -0.4 is 10.2 Å². The molecule has 2 aromatic carbocycles. The Hall–Kier alpha value is -4.59. The first-order valence-electron chi connectivity index (χ1n) is 9.89. The molecule has 0 radical (unpaired) electrons. The summed E-state index contributed by atoms with van der Waals surface area (Å²) in [5.74, 6) is 0.590. The number of nitrogens with zero attached hydrogens (tertiary/aromatic N) is 6. The molecule has 0 aliphatic rings. The Morgan fingerprint density at radius 3 is 2.59 bits per heavy atom. The first-order valence-corrected chi connectivity index (χ1v) is 9.89. The topological polar surface area (TPSA) is 87.7 Å². The van der Waals surface area contributed by atoms with Gasteiger partial charge in [0.2, 0.25) is 5.43 Å². The molecule has 0 fully saturated rings. The molecular weight excluding hydrogens is 404 g/mol. The first kappa shape index (κ1) is 19.4. The van der Waals surface area contributed by atoms with Crippen LogP contribution in [0.2, 0.25) is 0 Å². The van der Waals surface area contributed by atoms with Crippen LogP contribution in [0.25, 0.3) is 34.0 Å². The van der Waals surface area contributed by atoms with Crippen LogP contribution >= 0.6 is 0 Å². The summed E-state index contributed by atoms with van der Waals surface area (Å²) in [4.78, 5) is 21.2. The fraction of sp³-hybridized carbons (Fsp3) is 0.0417. The number of benzene rings is 2. The summed E-state index contributed by atoms with van der Waals surface area (Å²) in [6.07, 6.45) is 8.23. The van der Waals surface area contributed by atoms with Gasteiger partial charge in [-0.2, -0.15) is 10.2 Å². The molecule has 5 aromatic rings. The fourth-order valence-corrected chi connectivity index (χ4v) is 3.45. The zero-order valence-corrected chi connectivity index (χ0v) is 17.2. The number of rotatable bonds is 5. The minimum Gasteiger partial charge on any atom is -0.494 e. The quantitative estimate of drug-likeness (QED) is 0.430. The van der Waals surface area contributed by atoms with Crippen LogP contribution in [0.1, 0.15) is 0 Å². The highest BCUT2D eigenvalue weighted by atomic mass is 16.5. The summed E-state index contributed by atoms with van der Waals surface area (Å²) in [6.45, 7) is 0. The van der Waals surface area contributed by atoms with Crippen LogP contribution in [-0.4, -0.2) is 36.6 Å². The Morgan fingerprint density at radius 1 is 0.938 bits per heavy atom. The molecule has 0 N–H and O–H groups in total. The van der Waals surface area contributed by atoms with Gasteiger partial charge in [0.05, 0.1) is 36.6 Å². The van der Waals surface area contributed by atoms with E-state index >= 15 is 0 Å². The van der Waals surface area contributed by atoms with Gasteiger partial charge in [0.1, 0.15) is 11.4 Å². The lowest BCUT2D eigenvalue weighted by Gasteiger charge is -2.13. The molecule has 8 heteroatoms. The molecule has 156 valence electrons. The lowest BCUT2D eigenvalue weighted by molar-refractivity contribution is 0.411. The highest BCUT2D eigenvalue weighted by Gasteiger charge is 2.15. The van der Waals surface area contributed by atoms with Crippen LogP contribution in [0.15, 0.2) is 96.4 Å². The Bertz CT molecular complexity index is 1430. The summed E-state index contributed by atoms with van der Waals surface area (Å²) >= 11 is 0. The van der Waals surface area contributed by atoms with Gasteiger partial charge < -0.3 is 4.74 Å². The van der Waals surface area contributed by atoms with Crippen molar-refractivity contribution in [3.05, 3.63) is 102 Å². The summed E-state index contributed by atoms with van der Waals surface area (Å²) in [5.41, 5.74) is 3.82. The predicted octanol–water partition coefficient (Wildman–Crippen LogP) is 3.55. The van der Waals surface area contributed by atoms with Crippen LogP contribution in [0, 0.1) is 0 Å². The zero-order chi connectivity index (χ0) is 21.9. The van der Waals surface area contributed by atoms with Gasteiger partial charge in [0.15, 0.2) is 5.69 Å². The zero-order valence-electron chi connectivity index (χ0n) is 17.2. The van der Waals surface area contributed by atoms with Crippen LogP contribution in [0.3, 0.4) is 0 Å². The second-order valence-electron chi connectivity index (χ2n) is 6.91. The third-order valence-electron chi connectivity index (χ3n) is 4.98. The molecule has 0 aliphatic carbocycles. The van der Waals surface area contributed by atoms with Gasteiger partial charge in [0.25, 0.3) is 0 Å². The third-order valence-corrected chi connectivity index (χ3v) is 4.98. The summed E-state index contributed by atoms with van der Waals surface area (Å²) < 4.78 is 8.93. The van der Waals surface area contributed by atoms with Crippen LogP contribution in [-0.2, 0) is 0 Å². The number of methoxy groups -OCH3 is 1. The Balaban J connectivity index is 1.60. The van der Waals surface area contributed by atoms with E-state index in [4.69, 9.17) is 4.74 Å². The molecule has 0 aliphatic heterocycles. The van der Waals surface area contributed by atoms with Gasteiger partial charge in [-0.15, -0.1) is 0 Å². The van der Waals surface area contributed by atoms with E-state index in [-0.39, 0.29) is 11.1 Å². The monoisotopic (exact) mass is 422 g/mol. The smallest absolute Gasteiger partial charge is 0.209 e. The van der Waals surface area contributed by atoms with Crippen molar-refractivity contribution in [2.75, 3.05) is 7.11 Å². The van der Waals surface area contributed by atoms with Crippen molar-refractivity contribution in [3.63, 3.8) is 0 Å². The average molecular weight is 422 g/mol. The van der Waals surface area contributed by atoms with E-state index in [1.54, 1.807) is 53.5 Å². The van der Waals surface area contributed by atoms with Crippen molar-refractivity contribution in [1.29, 1.82) is 0 Å². The second-order valence-corrected chi connectivity index (χ2v) is 6.91. The Kier molecular flexibility index (Phi) is 5.01. The molecule has 0 atom stereocenters. The molecule has 8 nitrogen and oxygen atoms in total. The van der Waals surface area contributed by atoms with Crippen molar-refractivity contribution in [2.24, 2.45) is 0 Å². The van der Waals surface area contributed by atoms with Gasteiger partial charge >= 0.3 is 0 Å². The van der Waals surface area contributed by atoms with Crippen LogP contribution in [0.5, 0.6) is 5.75 Å². The van der Waals surface area contributed by atoms with Gasteiger partial charge in [-0.25, -0.2) is 9.36 Å². The molecular formula is C24H18N6O2. The molecule has 0 amide bonds.